The highest BCUT2D eigenvalue weighted by atomic mass is 32.2. The van der Waals surface area contributed by atoms with Gasteiger partial charge in [-0.3, -0.25) is 9.78 Å². The molecule has 0 radical (unpaired) electrons. The Labute approximate surface area is 250 Å². The van der Waals surface area contributed by atoms with E-state index in [9.17, 15) is 26.8 Å². The Kier molecular flexibility index (Phi) is 7.26. The van der Waals surface area contributed by atoms with Gasteiger partial charge in [-0.2, -0.15) is 4.98 Å². The third kappa shape index (κ3) is 5.02. The maximum absolute atomic E-state index is 15.8. The summed E-state index contributed by atoms with van der Waals surface area (Å²) < 4.78 is 72.6. The van der Waals surface area contributed by atoms with E-state index in [1.165, 1.54) is 18.3 Å². The van der Waals surface area contributed by atoms with Gasteiger partial charge in [-0.1, -0.05) is 12.6 Å². The van der Waals surface area contributed by atoms with Crippen molar-refractivity contribution in [2.75, 3.05) is 30.8 Å². The molecule has 1 atom stereocenters. The van der Waals surface area contributed by atoms with E-state index in [0.29, 0.717) is 18.5 Å². The van der Waals surface area contributed by atoms with E-state index in [1.54, 1.807) is 16.7 Å². The topological polar surface area (TPSA) is 118 Å². The molecule has 1 amide bonds. The quantitative estimate of drug-likeness (QED) is 0.298. The van der Waals surface area contributed by atoms with E-state index in [1.807, 2.05) is 0 Å². The molecule has 0 N–H and O–H groups in total. The van der Waals surface area contributed by atoms with Gasteiger partial charge in [0.05, 0.1) is 27.2 Å². The van der Waals surface area contributed by atoms with Crippen LogP contribution in [0.15, 0.2) is 58.9 Å². The molecule has 0 unspecified atom stereocenters. The predicted octanol–water partition coefficient (Wildman–Crippen LogP) is 3.76. The number of benzene rings is 1. The molecule has 228 valence electrons. The number of carbonyl (C=O) groups is 1. The fourth-order valence-corrected chi connectivity index (χ4v) is 6.51. The minimum Gasteiger partial charge on any atom is -0.350 e. The zero-order valence-corrected chi connectivity index (χ0v) is 24.6. The number of fused-ring (bicyclic) bond motifs is 1. The van der Waals surface area contributed by atoms with Crippen molar-refractivity contribution in [2.45, 2.75) is 36.6 Å². The molecule has 3 aromatic heterocycles. The van der Waals surface area contributed by atoms with E-state index >= 15 is 4.39 Å². The largest absolute Gasteiger partial charge is 0.355 e. The number of hydrogen-bond donors (Lipinski definition) is 0. The highest BCUT2D eigenvalue weighted by Gasteiger charge is 2.35. The molecule has 0 spiro atoms. The summed E-state index contributed by atoms with van der Waals surface area (Å²) in [5.41, 5.74) is -2.41. The van der Waals surface area contributed by atoms with Crippen LogP contribution < -0.4 is 10.6 Å². The molecule has 10 nitrogen and oxygen atoms in total. The van der Waals surface area contributed by atoms with Crippen molar-refractivity contribution in [1.82, 2.24) is 24.4 Å². The molecule has 4 aromatic rings. The first-order valence-electron chi connectivity index (χ1n) is 13.9. The summed E-state index contributed by atoms with van der Waals surface area (Å²) in [5, 5.41) is 0.00277. The van der Waals surface area contributed by atoms with Gasteiger partial charge in [-0.15, -0.1) is 0 Å². The van der Waals surface area contributed by atoms with Gasteiger partial charge < -0.3 is 9.80 Å². The summed E-state index contributed by atoms with van der Waals surface area (Å²) in [6.45, 7) is 6.03. The Hall–Kier alpha value is -4.59. The third-order valence-corrected chi connectivity index (χ3v) is 9.02. The lowest BCUT2D eigenvalue weighted by molar-refractivity contribution is -0.126. The average molecular weight is 625 g/mol. The molecule has 4 heterocycles. The molecule has 14 heteroatoms. The summed E-state index contributed by atoms with van der Waals surface area (Å²) in [6, 6.07) is 4.88. The number of pyridine rings is 2. The Morgan fingerprint density at radius 1 is 1.07 bits per heavy atom. The number of aromatic nitrogens is 4. The van der Waals surface area contributed by atoms with Crippen LogP contribution in [0, 0.1) is 17.5 Å². The first-order valence-corrected chi connectivity index (χ1v) is 15.7. The number of sulfone groups is 1. The highest BCUT2D eigenvalue weighted by molar-refractivity contribution is 7.90. The number of nitrogens with zero attached hydrogens (tertiary/aromatic N) is 6. The lowest BCUT2D eigenvalue weighted by Crippen LogP contribution is -2.54. The summed E-state index contributed by atoms with van der Waals surface area (Å²) in [7, 11) is -3.94. The van der Waals surface area contributed by atoms with Gasteiger partial charge in [-0.25, -0.2) is 35.9 Å². The molecule has 1 aliphatic heterocycles. The first-order chi connectivity index (χ1) is 20.9. The number of amides is 1. The monoisotopic (exact) mass is 624 g/mol. The first kappa shape index (κ1) is 29.5. The Balaban J connectivity index is 1.69. The smallest absolute Gasteiger partial charge is 0.350 e. The van der Waals surface area contributed by atoms with Gasteiger partial charge in [0, 0.05) is 44.0 Å². The van der Waals surface area contributed by atoms with Gasteiger partial charge >= 0.3 is 5.69 Å². The van der Waals surface area contributed by atoms with Crippen LogP contribution in [0.25, 0.3) is 28.0 Å². The number of rotatable bonds is 6. The van der Waals surface area contributed by atoms with Crippen molar-refractivity contribution in [3.8, 4) is 16.9 Å². The van der Waals surface area contributed by atoms with Crippen molar-refractivity contribution in [1.29, 1.82) is 0 Å². The fraction of sp³-hybridized carbons (Fsp3) is 0.300. The second kappa shape index (κ2) is 10.8. The maximum Gasteiger partial charge on any atom is 0.355 e. The molecular weight excluding hydrogens is 597 g/mol. The van der Waals surface area contributed by atoms with E-state index < -0.39 is 50.3 Å². The molecule has 2 aliphatic rings. The van der Waals surface area contributed by atoms with Crippen LogP contribution in [-0.4, -0.2) is 70.7 Å². The number of anilines is 1. The summed E-state index contributed by atoms with van der Waals surface area (Å²) >= 11 is 0. The summed E-state index contributed by atoms with van der Waals surface area (Å²) in [4.78, 5) is 42.3. The number of piperazine rings is 1. The number of carbonyl (C=O) groups excluding carboxylic acids is 1. The Morgan fingerprint density at radius 3 is 2.39 bits per heavy atom. The second-order valence-electron chi connectivity index (χ2n) is 11.0. The van der Waals surface area contributed by atoms with Gasteiger partial charge in [0.1, 0.15) is 23.1 Å². The predicted molar refractivity (Wildman–Crippen MR) is 157 cm³/mol. The lowest BCUT2D eigenvalue weighted by atomic mass is 10.1. The van der Waals surface area contributed by atoms with Crippen LogP contribution in [0.4, 0.5) is 19.0 Å². The Bertz CT molecular complexity index is 2010. The fourth-order valence-electron chi connectivity index (χ4n) is 5.66. The molecule has 1 saturated carbocycles. The highest BCUT2D eigenvalue weighted by Crippen LogP contribution is 2.43. The van der Waals surface area contributed by atoms with E-state index in [-0.39, 0.29) is 58.9 Å². The molecular formula is C30H27F3N6O4S. The molecule has 44 heavy (non-hydrogen) atoms. The second-order valence-corrected chi connectivity index (χ2v) is 12.9. The van der Waals surface area contributed by atoms with Crippen molar-refractivity contribution in [2.24, 2.45) is 0 Å². The zero-order chi connectivity index (χ0) is 31.5. The molecule has 0 bridgehead atoms. The minimum absolute atomic E-state index is 0.00277. The van der Waals surface area contributed by atoms with Crippen LogP contribution in [0.2, 0.25) is 0 Å². The van der Waals surface area contributed by atoms with E-state index in [4.69, 9.17) is 0 Å². The van der Waals surface area contributed by atoms with Crippen LogP contribution in [-0.2, 0) is 14.6 Å². The van der Waals surface area contributed by atoms with E-state index in [0.717, 1.165) is 35.1 Å². The molecule has 1 saturated heterocycles. The van der Waals surface area contributed by atoms with Crippen molar-refractivity contribution < 1.29 is 26.4 Å². The minimum atomic E-state index is -3.94. The molecule has 1 aromatic carbocycles. The average Bonchev–Trinajstić information content (AvgIpc) is 3.82. The summed E-state index contributed by atoms with van der Waals surface area (Å²) in [5.74, 6) is -3.62. The SMILES string of the molecule is C=CC(=O)N1CCN(c2nc(=O)n(-c3c(S(C)(=O)=O)ccnc3C3CC3)c3nc(-c4c(F)cccc4F)c(F)cc23)[C@@H](C)C1. The van der Waals surface area contributed by atoms with Crippen molar-refractivity contribution in [3.05, 3.63) is 82.8 Å². The van der Waals surface area contributed by atoms with Crippen LogP contribution in [0.1, 0.15) is 31.4 Å². The summed E-state index contributed by atoms with van der Waals surface area (Å²) in [6.07, 6.45) is 4.91. The van der Waals surface area contributed by atoms with Gasteiger partial charge in [0.2, 0.25) is 5.91 Å². The van der Waals surface area contributed by atoms with Crippen molar-refractivity contribution >= 4 is 32.6 Å². The third-order valence-electron chi connectivity index (χ3n) is 7.89. The molecule has 1 aliphatic carbocycles. The lowest BCUT2D eigenvalue weighted by Gasteiger charge is -2.40. The normalized spacial score (nSPS) is 17.2. The van der Waals surface area contributed by atoms with Crippen LogP contribution >= 0.6 is 0 Å². The van der Waals surface area contributed by atoms with Gasteiger partial charge in [0.15, 0.2) is 21.3 Å². The van der Waals surface area contributed by atoms with E-state index in [2.05, 4.69) is 21.5 Å². The van der Waals surface area contributed by atoms with Crippen molar-refractivity contribution in [3.63, 3.8) is 0 Å². The number of hydrogen-bond acceptors (Lipinski definition) is 8. The number of halogens is 3. The van der Waals surface area contributed by atoms with Crippen LogP contribution in [0.5, 0.6) is 0 Å². The standard InChI is InChI=1S/C30H27F3N6O4S/c1-4-23(40)37-12-13-38(16(2)15-37)28-18-14-21(33)26(24-19(31)6-5-7-20(24)32)35-29(18)39(30(41)36-28)27-22(44(3,42)43)10-11-34-25(27)17-8-9-17/h4-7,10-11,14,16-17H,1,8-9,12-13,15H2,2-3H3/t16-/m0/s1. The van der Waals surface area contributed by atoms with Gasteiger partial charge in [-0.05, 0) is 50.1 Å². The van der Waals surface area contributed by atoms with Gasteiger partial charge in [0.25, 0.3) is 0 Å². The molecule has 6 rings (SSSR count). The Morgan fingerprint density at radius 2 is 1.77 bits per heavy atom. The maximum atomic E-state index is 15.8. The molecule has 2 fully saturated rings. The zero-order valence-electron chi connectivity index (χ0n) is 23.8. The van der Waals surface area contributed by atoms with Crippen LogP contribution in [0.3, 0.4) is 0 Å².